The number of allylic oxidation sites excluding steroid dienone is 1. The van der Waals surface area contributed by atoms with E-state index in [-0.39, 0.29) is 24.7 Å². The number of fused-ring (bicyclic) bond motifs is 3. The molecule has 1 fully saturated rings. The first-order chi connectivity index (χ1) is 16.1. The van der Waals surface area contributed by atoms with Crippen LogP contribution in [0.15, 0.2) is 48.8 Å². The third-order valence-electron chi connectivity index (χ3n) is 5.38. The predicted molar refractivity (Wildman–Crippen MR) is 121 cm³/mol. The topological polar surface area (TPSA) is 123 Å². The Balaban J connectivity index is 1.58. The van der Waals surface area contributed by atoms with E-state index in [1.54, 1.807) is 36.5 Å². The summed E-state index contributed by atoms with van der Waals surface area (Å²) in [6, 6.07) is 8.09. The third kappa shape index (κ3) is 4.33. The average molecular weight is 484 g/mol. The highest BCUT2D eigenvalue weighted by Crippen LogP contribution is 2.50. The highest BCUT2D eigenvalue weighted by Gasteiger charge is 2.49. The molecule has 176 valence electrons. The second-order valence-corrected chi connectivity index (χ2v) is 9.41. The van der Waals surface area contributed by atoms with E-state index in [1.165, 1.54) is 11.8 Å². The van der Waals surface area contributed by atoms with Gasteiger partial charge in [0.15, 0.2) is 0 Å². The van der Waals surface area contributed by atoms with E-state index in [4.69, 9.17) is 16.0 Å². The Morgan fingerprint density at radius 2 is 2.12 bits per heavy atom. The van der Waals surface area contributed by atoms with Gasteiger partial charge in [-0.3, -0.25) is 19.3 Å². The fourth-order valence-electron chi connectivity index (χ4n) is 3.85. The molecule has 2 aromatic rings. The van der Waals surface area contributed by atoms with Crippen molar-refractivity contribution in [3.63, 3.8) is 0 Å². The summed E-state index contributed by atoms with van der Waals surface area (Å²) >= 11 is 0. The van der Waals surface area contributed by atoms with Crippen LogP contribution in [-0.2, 0) is 18.6 Å². The number of benzene rings is 1. The molecule has 4 rings (SSSR count). The standard InChI is InChI=1S/C22H21N4O7P/c1-13(2)25(34(29,30)33-14(3)27)11-20-18-12-31-19-9-15(16-6-8-21(23-4)24-10-16)5-7-17(19)26(18)22(28)32-20/h5-10,18,20H,1,11-12H2,2-3H3,(H,29,30)/t18?,20-/m0/s1. The van der Waals surface area contributed by atoms with Crippen LogP contribution in [0.1, 0.15) is 13.8 Å². The van der Waals surface area contributed by atoms with Gasteiger partial charge in [0, 0.05) is 18.2 Å². The monoisotopic (exact) mass is 484 g/mol. The van der Waals surface area contributed by atoms with Gasteiger partial charge < -0.3 is 18.8 Å². The number of nitrogens with zero attached hydrogens (tertiary/aromatic N) is 4. The molecule has 0 spiro atoms. The first-order valence-electron chi connectivity index (χ1n) is 10.2. The highest BCUT2D eigenvalue weighted by molar-refractivity contribution is 7.50. The Morgan fingerprint density at radius 3 is 2.74 bits per heavy atom. The molecule has 1 N–H and O–H groups in total. The molecule has 3 heterocycles. The van der Waals surface area contributed by atoms with Crippen molar-refractivity contribution in [3.8, 4) is 16.9 Å². The summed E-state index contributed by atoms with van der Waals surface area (Å²) in [6.07, 6.45) is 0.111. The van der Waals surface area contributed by atoms with Crippen LogP contribution < -0.4 is 9.64 Å². The number of hydrogen-bond donors (Lipinski definition) is 1. The molecule has 0 saturated carbocycles. The molecular weight excluding hydrogens is 463 g/mol. The van der Waals surface area contributed by atoms with Gasteiger partial charge in [-0.05, 0) is 30.7 Å². The summed E-state index contributed by atoms with van der Waals surface area (Å²) in [5, 5.41) is 0. The van der Waals surface area contributed by atoms with Gasteiger partial charge in [-0.1, -0.05) is 25.3 Å². The maximum absolute atomic E-state index is 12.7. The first kappa shape index (κ1) is 23.3. The van der Waals surface area contributed by atoms with Crippen molar-refractivity contribution in [2.75, 3.05) is 18.1 Å². The van der Waals surface area contributed by atoms with E-state index in [0.29, 0.717) is 11.4 Å². The van der Waals surface area contributed by atoms with Crippen molar-refractivity contribution in [1.29, 1.82) is 0 Å². The second kappa shape index (κ2) is 8.82. The molecule has 1 aromatic carbocycles. The lowest BCUT2D eigenvalue weighted by Gasteiger charge is -2.34. The third-order valence-corrected chi connectivity index (χ3v) is 6.99. The lowest BCUT2D eigenvalue weighted by atomic mass is 10.0. The summed E-state index contributed by atoms with van der Waals surface area (Å²) in [5.74, 6) is -0.173. The van der Waals surface area contributed by atoms with Crippen LogP contribution in [0.2, 0.25) is 0 Å². The van der Waals surface area contributed by atoms with Gasteiger partial charge in [-0.25, -0.2) is 9.36 Å². The van der Waals surface area contributed by atoms with Crippen molar-refractivity contribution in [3.05, 3.63) is 60.2 Å². The van der Waals surface area contributed by atoms with Crippen molar-refractivity contribution >= 4 is 31.3 Å². The maximum atomic E-state index is 12.7. The number of amides is 1. The fourth-order valence-corrected chi connectivity index (χ4v) is 5.08. The maximum Gasteiger partial charge on any atom is 0.488 e. The summed E-state index contributed by atoms with van der Waals surface area (Å²) in [6.45, 7) is 13.0. The van der Waals surface area contributed by atoms with Gasteiger partial charge in [0.25, 0.3) is 5.82 Å². The summed E-state index contributed by atoms with van der Waals surface area (Å²) in [5.41, 5.74) is 2.24. The number of carbonyl (C=O) groups excluding carboxylic acids is 2. The van der Waals surface area contributed by atoms with Crippen LogP contribution >= 0.6 is 7.75 Å². The van der Waals surface area contributed by atoms with E-state index < -0.39 is 32.0 Å². The number of anilines is 1. The van der Waals surface area contributed by atoms with Crippen molar-refractivity contribution in [2.24, 2.45) is 0 Å². The Hall–Kier alpha value is -3.87. The molecule has 0 radical (unpaired) electrons. The number of hydrogen-bond acceptors (Lipinski definition) is 7. The normalized spacial score (nSPS) is 20.1. The van der Waals surface area contributed by atoms with Gasteiger partial charge >= 0.3 is 19.8 Å². The molecule has 0 bridgehead atoms. The van der Waals surface area contributed by atoms with Crippen molar-refractivity contribution in [2.45, 2.75) is 26.0 Å². The molecule has 1 amide bonds. The number of ether oxygens (including phenoxy) is 2. The molecule has 3 atom stereocenters. The molecule has 1 aromatic heterocycles. The Morgan fingerprint density at radius 1 is 1.38 bits per heavy atom. The van der Waals surface area contributed by atoms with Gasteiger partial charge in [0.05, 0.1) is 12.2 Å². The Labute approximate surface area is 195 Å². The summed E-state index contributed by atoms with van der Waals surface area (Å²) in [7, 11) is -4.54. The zero-order valence-corrected chi connectivity index (χ0v) is 19.3. The van der Waals surface area contributed by atoms with E-state index >= 15 is 0 Å². The quantitative estimate of drug-likeness (QED) is 0.481. The second-order valence-electron chi connectivity index (χ2n) is 7.76. The van der Waals surface area contributed by atoms with Crippen LogP contribution in [0.4, 0.5) is 16.3 Å². The molecule has 1 saturated heterocycles. The number of pyridine rings is 1. The van der Waals surface area contributed by atoms with E-state index in [9.17, 15) is 19.0 Å². The van der Waals surface area contributed by atoms with E-state index in [0.717, 1.165) is 22.7 Å². The van der Waals surface area contributed by atoms with Crippen LogP contribution in [0.5, 0.6) is 5.75 Å². The summed E-state index contributed by atoms with van der Waals surface area (Å²) < 4.78 is 29.5. The lowest BCUT2D eigenvalue weighted by Crippen LogP contribution is -2.47. The largest absolute Gasteiger partial charge is 0.489 e. The zero-order valence-electron chi connectivity index (χ0n) is 18.4. The average Bonchev–Trinajstić information content (AvgIpc) is 3.11. The van der Waals surface area contributed by atoms with Gasteiger partial charge in [0.1, 0.15) is 30.7 Å². The van der Waals surface area contributed by atoms with Crippen molar-refractivity contribution in [1.82, 2.24) is 9.65 Å². The van der Waals surface area contributed by atoms with Crippen LogP contribution in [0.3, 0.4) is 0 Å². The van der Waals surface area contributed by atoms with E-state index in [1.807, 2.05) is 0 Å². The first-order valence-corrected chi connectivity index (χ1v) is 11.7. The van der Waals surface area contributed by atoms with Crippen LogP contribution in [-0.4, -0.2) is 51.9 Å². The molecule has 2 unspecified atom stereocenters. The smallest absolute Gasteiger partial charge is 0.488 e. The predicted octanol–water partition coefficient (Wildman–Crippen LogP) is 3.88. The number of rotatable bonds is 6. The highest BCUT2D eigenvalue weighted by atomic mass is 31.2. The van der Waals surface area contributed by atoms with Crippen LogP contribution in [0, 0.1) is 6.57 Å². The van der Waals surface area contributed by atoms with Gasteiger partial charge in [0.2, 0.25) is 0 Å². The molecule has 2 aliphatic heterocycles. The van der Waals surface area contributed by atoms with Gasteiger partial charge in [-0.2, -0.15) is 0 Å². The van der Waals surface area contributed by atoms with E-state index in [2.05, 4.69) is 20.9 Å². The lowest BCUT2D eigenvalue weighted by molar-refractivity contribution is -0.132. The number of aromatic nitrogens is 1. The Bertz CT molecular complexity index is 1260. The molecular formula is C22H21N4O7P. The molecule has 34 heavy (non-hydrogen) atoms. The fraction of sp³-hybridized carbons (Fsp3) is 0.273. The van der Waals surface area contributed by atoms with Gasteiger partial charge in [-0.15, -0.1) is 4.98 Å². The number of cyclic esters (lactones) is 1. The molecule has 11 nitrogen and oxygen atoms in total. The minimum absolute atomic E-state index is 0.0785. The molecule has 12 heteroatoms. The minimum atomic E-state index is -4.54. The Kier molecular flexibility index (Phi) is 6.04. The molecule has 2 aliphatic rings. The molecule has 0 aliphatic carbocycles. The minimum Gasteiger partial charge on any atom is -0.489 e. The SMILES string of the molecule is [C-]#[N+]c1ccc(-c2ccc3c(c2)OCC2[C@H](CN(C(=C)C)P(=O)(O)OC(C)=O)OC(=O)N32)cn1. The van der Waals surface area contributed by atoms with Crippen molar-refractivity contribution < 1.29 is 33.0 Å². The number of carbonyl (C=O) groups is 2. The zero-order chi connectivity index (χ0) is 24.6. The summed E-state index contributed by atoms with van der Waals surface area (Å²) in [4.78, 5) is 43.0. The van der Waals surface area contributed by atoms with Crippen LogP contribution in [0.25, 0.3) is 16.0 Å².